The third kappa shape index (κ3) is 4.19. The molecule has 0 spiro atoms. The van der Waals surface area contributed by atoms with Crippen molar-refractivity contribution in [1.29, 1.82) is 0 Å². The van der Waals surface area contributed by atoms with E-state index < -0.39 is 0 Å². The van der Waals surface area contributed by atoms with Crippen LogP contribution in [0.5, 0.6) is 0 Å². The van der Waals surface area contributed by atoms with Crippen molar-refractivity contribution in [2.24, 2.45) is 10.8 Å². The van der Waals surface area contributed by atoms with Gasteiger partial charge in [0.1, 0.15) is 0 Å². The maximum atomic E-state index is 3.60. The van der Waals surface area contributed by atoms with Crippen molar-refractivity contribution in [2.75, 3.05) is 6.54 Å². The molecule has 1 aliphatic rings. The van der Waals surface area contributed by atoms with Crippen LogP contribution in [0.25, 0.3) is 0 Å². The molecular weight excluding hydrogens is 194 g/mol. The number of rotatable bonds is 0. The Morgan fingerprint density at radius 2 is 1.38 bits per heavy atom. The average Bonchev–Trinajstić information content (AvgIpc) is 2.18. The van der Waals surface area contributed by atoms with Crippen molar-refractivity contribution in [1.82, 2.24) is 5.32 Å². The Balaban J connectivity index is 0.00000106. The van der Waals surface area contributed by atoms with E-state index >= 15 is 0 Å². The van der Waals surface area contributed by atoms with Crippen LogP contribution in [0.2, 0.25) is 0 Å². The number of hydrogen-bond donors (Lipinski definition) is 1. The van der Waals surface area contributed by atoms with Crippen LogP contribution >= 0.6 is 0 Å². The zero-order chi connectivity index (χ0) is 13.0. The zero-order valence-corrected chi connectivity index (χ0v) is 12.6. The van der Waals surface area contributed by atoms with E-state index in [1.165, 1.54) is 18.5 Å². The van der Waals surface area contributed by atoms with Gasteiger partial charge in [0.2, 0.25) is 0 Å². The molecule has 1 N–H and O–H groups in total. The Bertz CT molecular complexity index is 209. The van der Waals surface area contributed by atoms with E-state index in [1.54, 1.807) is 5.57 Å². The number of nitrogens with one attached hydrogen (secondary N) is 1. The van der Waals surface area contributed by atoms with Gasteiger partial charge in [0.05, 0.1) is 0 Å². The van der Waals surface area contributed by atoms with Gasteiger partial charge in [-0.2, -0.15) is 0 Å². The predicted octanol–water partition coefficient (Wildman–Crippen LogP) is 4.74. The van der Waals surface area contributed by atoms with Gasteiger partial charge in [-0.25, -0.2) is 0 Å². The van der Waals surface area contributed by atoms with Crippen LogP contribution in [0.4, 0.5) is 0 Å². The topological polar surface area (TPSA) is 12.0 Å². The molecule has 0 radical (unpaired) electrons. The Hall–Kier alpha value is -0.460. The molecule has 0 amide bonds. The molecule has 1 heterocycles. The highest BCUT2D eigenvalue weighted by Crippen LogP contribution is 2.39. The molecule has 0 aliphatic carbocycles. The van der Waals surface area contributed by atoms with Gasteiger partial charge in [0.15, 0.2) is 0 Å². The van der Waals surface area contributed by atoms with E-state index in [1.807, 2.05) is 13.8 Å². The maximum absolute atomic E-state index is 3.60. The second-order valence-corrected chi connectivity index (χ2v) is 6.38. The van der Waals surface area contributed by atoms with E-state index in [0.717, 1.165) is 6.54 Å². The molecule has 0 saturated carbocycles. The van der Waals surface area contributed by atoms with Gasteiger partial charge in [-0.05, 0) is 23.8 Å². The highest BCUT2D eigenvalue weighted by Gasteiger charge is 2.29. The molecule has 1 rings (SSSR count). The fourth-order valence-electron chi connectivity index (χ4n) is 2.18. The van der Waals surface area contributed by atoms with Gasteiger partial charge in [-0.3, -0.25) is 0 Å². The smallest absolute Gasteiger partial charge is 0.0158 e. The fraction of sp³-hybridized carbons (Fsp3) is 0.867. The summed E-state index contributed by atoms with van der Waals surface area (Å²) in [6.45, 7) is 19.0. The van der Waals surface area contributed by atoms with Crippen molar-refractivity contribution in [3.8, 4) is 0 Å². The van der Waals surface area contributed by atoms with Crippen LogP contribution in [0.1, 0.15) is 68.2 Å². The van der Waals surface area contributed by atoms with Crippen LogP contribution in [0.15, 0.2) is 11.3 Å². The third-order valence-corrected chi connectivity index (χ3v) is 2.86. The van der Waals surface area contributed by atoms with Gasteiger partial charge in [0.25, 0.3) is 0 Å². The molecular formula is C15H31N. The van der Waals surface area contributed by atoms with Gasteiger partial charge >= 0.3 is 0 Å². The van der Waals surface area contributed by atoms with Crippen LogP contribution in [0, 0.1) is 10.8 Å². The summed E-state index contributed by atoms with van der Waals surface area (Å²) >= 11 is 0. The van der Waals surface area contributed by atoms with Crippen LogP contribution in [-0.2, 0) is 0 Å². The zero-order valence-electron chi connectivity index (χ0n) is 12.6. The first-order valence-corrected chi connectivity index (χ1v) is 6.71. The molecule has 0 bridgehead atoms. The minimum Gasteiger partial charge on any atom is -0.388 e. The molecule has 1 nitrogen and oxygen atoms in total. The molecule has 96 valence electrons. The van der Waals surface area contributed by atoms with Crippen molar-refractivity contribution in [3.05, 3.63) is 11.3 Å². The number of allylic oxidation sites excluding steroid dienone is 2. The summed E-state index contributed by atoms with van der Waals surface area (Å²) in [5.74, 6) is 0. The van der Waals surface area contributed by atoms with Crippen molar-refractivity contribution < 1.29 is 0 Å². The summed E-state index contributed by atoms with van der Waals surface area (Å²) < 4.78 is 0. The summed E-state index contributed by atoms with van der Waals surface area (Å²) in [6, 6.07) is 0. The Kier molecular flexibility index (Phi) is 5.58. The molecule has 0 fully saturated rings. The summed E-state index contributed by atoms with van der Waals surface area (Å²) in [6.07, 6.45) is 2.55. The van der Waals surface area contributed by atoms with Crippen LogP contribution in [0.3, 0.4) is 0 Å². The maximum Gasteiger partial charge on any atom is 0.0158 e. The highest BCUT2D eigenvalue weighted by atomic mass is 14.9. The van der Waals surface area contributed by atoms with Gasteiger partial charge in [-0.15, -0.1) is 0 Å². The minimum absolute atomic E-state index is 0.267. The normalized spacial score (nSPS) is 17.5. The van der Waals surface area contributed by atoms with E-state index in [4.69, 9.17) is 0 Å². The Morgan fingerprint density at radius 3 is 1.69 bits per heavy atom. The molecule has 0 saturated heterocycles. The lowest BCUT2D eigenvalue weighted by Gasteiger charge is -2.37. The lowest BCUT2D eigenvalue weighted by Crippen LogP contribution is -2.33. The molecule has 0 unspecified atom stereocenters. The SMILES string of the molecule is CC.CC(C)(C)C1=C(C(C)(C)C)NCCC1. The van der Waals surface area contributed by atoms with Gasteiger partial charge in [-0.1, -0.05) is 55.4 Å². The Morgan fingerprint density at radius 1 is 0.875 bits per heavy atom. The average molecular weight is 225 g/mol. The van der Waals surface area contributed by atoms with Crippen molar-refractivity contribution in [3.63, 3.8) is 0 Å². The van der Waals surface area contributed by atoms with Crippen LogP contribution in [-0.4, -0.2) is 6.54 Å². The van der Waals surface area contributed by atoms with E-state index in [2.05, 4.69) is 46.9 Å². The molecule has 1 heteroatoms. The largest absolute Gasteiger partial charge is 0.388 e. The summed E-state index contributed by atoms with van der Waals surface area (Å²) in [5.41, 5.74) is 3.69. The lowest BCUT2D eigenvalue weighted by molar-refractivity contribution is 0.379. The van der Waals surface area contributed by atoms with Crippen molar-refractivity contribution >= 4 is 0 Å². The molecule has 0 aromatic carbocycles. The van der Waals surface area contributed by atoms with Crippen molar-refractivity contribution in [2.45, 2.75) is 68.2 Å². The first kappa shape index (κ1) is 15.5. The van der Waals surface area contributed by atoms with E-state index in [-0.39, 0.29) is 5.41 Å². The third-order valence-electron chi connectivity index (χ3n) is 2.86. The van der Waals surface area contributed by atoms with Gasteiger partial charge < -0.3 is 5.32 Å². The standard InChI is InChI=1S/C13H25N.C2H6/c1-12(2,3)10-8-7-9-14-11(10)13(4,5)6;1-2/h14H,7-9H2,1-6H3;1-2H3. The summed E-state index contributed by atoms with van der Waals surface area (Å²) in [4.78, 5) is 0. The molecule has 0 aromatic rings. The second-order valence-electron chi connectivity index (χ2n) is 6.38. The number of hydrogen-bond acceptors (Lipinski definition) is 1. The van der Waals surface area contributed by atoms with E-state index in [9.17, 15) is 0 Å². The van der Waals surface area contributed by atoms with E-state index in [0.29, 0.717) is 5.41 Å². The highest BCUT2D eigenvalue weighted by molar-refractivity contribution is 5.25. The molecule has 0 aromatic heterocycles. The fourth-order valence-corrected chi connectivity index (χ4v) is 2.18. The predicted molar refractivity (Wildman–Crippen MR) is 74.5 cm³/mol. The second kappa shape index (κ2) is 5.75. The molecule has 16 heavy (non-hydrogen) atoms. The molecule has 0 atom stereocenters. The van der Waals surface area contributed by atoms with Crippen LogP contribution < -0.4 is 5.32 Å². The first-order valence-electron chi connectivity index (χ1n) is 6.71. The Labute approximate surface area is 103 Å². The monoisotopic (exact) mass is 225 g/mol. The molecule has 1 aliphatic heterocycles. The summed E-state index contributed by atoms with van der Waals surface area (Å²) in [5, 5.41) is 3.60. The minimum atomic E-state index is 0.267. The summed E-state index contributed by atoms with van der Waals surface area (Å²) in [7, 11) is 0. The van der Waals surface area contributed by atoms with Gasteiger partial charge in [0, 0.05) is 17.7 Å². The first-order chi connectivity index (χ1) is 7.23. The quantitative estimate of drug-likeness (QED) is 0.628. The lowest BCUT2D eigenvalue weighted by atomic mass is 9.75.